The van der Waals surface area contributed by atoms with Crippen LogP contribution in [-0.2, 0) is 0 Å². The second kappa shape index (κ2) is 8.25. The van der Waals surface area contributed by atoms with Crippen LogP contribution in [0, 0.1) is 0 Å². The van der Waals surface area contributed by atoms with Crippen LogP contribution in [0.25, 0.3) is 0 Å². The van der Waals surface area contributed by atoms with Gasteiger partial charge in [0.2, 0.25) is 0 Å². The molecule has 1 fully saturated rings. The highest BCUT2D eigenvalue weighted by molar-refractivity contribution is 5.26. The number of hydrogen-bond donors (Lipinski definition) is 1. The van der Waals surface area contributed by atoms with Crippen molar-refractivity contribution < 1.29 is 4.74 Å². The summed E-state index contributed by atoms with van der Waals surface area (Å²) < 4.78 is 5.71. The predicted octanol–water partition coefficient (Wildman–Crippen LogP) is 3.90. The van der Waals surface area contributed by atoms with Gasteiger partial charge in [0.05, 0.1) is 12.8 Å². The van der Waals surface area contributed by atoms with Crippen molar-refractivity contribution in [2.75, 3.05) is 13.2 Å². The third kappa shape index (κ3) is 4.48. The molecule has 1 heterocycles. The van der Waals surface area contributed by atoms with Gasteiger partial charge in [0.1, 0.15) is 5.75 Å². The van der Waals surface area contributed by atoms with Crippen LogP contribution in [0.3, 0.4) is 0 Å². The second-order valence-corrected chi connectivity index (χ2v) is 5.77. The lowest BCUT2D eigenvalue weighted by atomic mass is 9.91. The highest BCUT2D eigenvalue weighted by atomic mass is 16.5. The van der Waals surface area contributed by atoms with Gasteiger partial charge < -0.3 is 10.1 Å². The maximum absolute atomic E-state index is 5.71. The Hall–Kier alpha value is -1.09. The van der Waals surface area contributed by atoms with Crippen molar-refractivity contribution in [3.8, 4) is 5.75 Å². The molecule has 1 aromatic rings. The summed E-state index contributed by atoms with van der Waals surface area (Å²) in [7, 11) is 0. The van der Waals surface area contributed by atoms with Gasteiger partial charge in [-0.05, 0) is 49.8 Å². The molecule has 0 saturated heterocycles. The molecule has 0 aliphatic heterocycles. The Labute approximate surface area is 123 Å². The summed E-state index contributed by atoms with van der Waals surface area (Å²) >= 11 is 0. The summed E-state index contributed by atoms with van der Waals surface area (Å²) in [6.07, 6.45) is 11.4. The molecule has 0 aromatic carbocycles. The molecule has 2 unspecified atom stereocenters. The van der Waals surface area contributed by atoms with E-state index >= 15 is 0 Å². The van der Waals surface area contributed by atoms with Crippen LogP contribution in [0.4, 0.5) is 0 Å². The van der Waals surface area contributed by atoms with Gasteiger partial charge in [0, 0.05) is 12.2 Å². The lowest BCUT2D eigenvalue weighted by molar-refractivity contribution is 0.315. The van der Waals surface area contributed by atoms with Crippen LogP contribution in [0.1, 0.15) is 63.9 Å². The molecule has 1 saturated carbocycles. The lowest BCUT2D eigenvalue weighted by Crippen LogP contribution is -2.29. The van der Waals surface area contributed by atoms with Crippen molar-refractivity contribution in [1.29, 1.82) is 0 Å². The molecular weight excluding hydrogens is 248 g/mol. The fraction of sp³-hybridized carbons (Fsp3) is 0.706. The number of ether oxygens (including phenoxy) is 1. The largest absolute Gasteiger partial charge is 0.492 e. The summed E-state index contributed by atoms with van der Waals surface area (Å²) in [6.45, 7) is 6.16. The van der Waals surface area contributed by atoms with E-state index in [1.165, 1.54) is 37.7 Å². The Morgan fingerprint density at radius 2 is 2.10 bits per heavy atom. The summed E-state index contributed by atoms with van der Waals surface area (Å²) in [5.41, 5.74) is 1.35. The molecule has 0 spiro atoms. The van der Waals surface area contributed by atoms with Crippen LogP contribution < -0.4 is 10.1 Å². The monoisotopic (exact) mass is 276 g/mol. The summed E-state index contributed by atoms with van der Waals surface area (Å²) in [5.74, 6) is 1.55. The SMILES string of the molecule is CCCOc1cncc(C2CCCCC(NCC)C2)c1. The Morgan fingerprint density at radius 1 is 1.25 bits per heavy atom. The van der Waals surface area contributed by atoms with Crippen LogP contribution in [-0.4, -0.2) is 24.2 Å². The molecule has 0 bridgehead atoms. The van der Waals surface area contributed by atoms with Crippen molar-refractivity contribution in [2.45, 2.75) is 64.3 Å². The maximum atomic E-state index is 5.71. The van der Waals surface area contributed by atoms with Crippen molar-refractivity contribution in [3.63, 3.8) is 0 Å². The first kappa shape index (κ1) is 15.3. The molecule has 20 heavy (non-hydrogen) atoms. The predicted molar refractivity (Wildman–Crippen MR) is 83.3 cm³/mol. The molecule has 1 aliphatic carbocycles. The smallest absolute Gasteiger partial charge is 0.137 e. The highest BCUT2D eigenvalue weighted by Crippen LogP contribution is 2.32. The molecule has 0 amide bonds. The number of pyridine rings is 1. The quantitative estimate of drug-likeness (QED) is 0.800. The van der Waals surface area contributed by atoms with Crippen LogP contribution in [0.2, 0.25) is 0 Å². The highest BCUT2D eigenvalue weighted by Gasteiger charge is 2.21. The number of hydrogen-bond acceptors (Lipinski definition) is 3. The summed E-state index contributed by atoms with van der Waals surface area (Å²) in [6, 6.07) is 2.86. The van der Waals surface area contributed by atoms with E-state index in [4.69, 9.17) is 4.74 Å². The third-order valence-corrected chi connectivity index (χ3v) is 4.10. The minimum Gasteiger partial charge on any atom is -0.492 e. The molecule has 3 heteroatoms. The van der Waals surface area contributed by atoms with Gasteiger partial charge in [-0.15, -0.1) is 0 Å². The Kier molecular flexibility index (Phi) is 6.31. The van der Waals surface area contributed by atoms with E-state index in [0.29, 0.717) is 12.0 Å². The fourth-order valence-electron chi connectivity index (χ4n) is 3.10. The van der Waals surface area contributed by atoms with E-state index < -0.39 is 0 Å². The molecule has 2 rings (SSSR count). The van der Waals surface area contributed by atoms with E-state index in [-0.39, 0.29) is 0 Å². The first-order valence-corrected chi connectivity index (χ1v) is 8.14. The molecule has 0 radical (unpaired) electrons. The molecule has 1 N–H and O–H groups in total. The minimum atomic E-state index is 0.624. The van der Waals surface area contributed by atoms with Crippen LogP contribution in [0.5, 0.6) is 5.75 Å². The average molecular weight is 276 g/mol. The maximum Gasteiger partial charge on any atom is 0.137 e. The first-order chi connectivity index (χ1) is 9.83. The average Bonchev–Trinajstić information content (AvgIpc) is 2.71. The Morgan fingerprint density at radius 3 is 2.90 bits per heavy atom. The lowest BCUT2D eigenvalue weighted by Gasteiger charge is -2.21. The normalized spacial score (nSPS) is 23.3. The number of nitrogens with zero attached hydrogens (tertiary/aromatic N) is 1. The van der Waals surface area contributed by atoms with Crippen molar-refractivity contribution in [2.24, 2.45) is 0 Å². The zero-order valence-corrected chi connectivity index (χ0v) is 12.9. The summed E-state index contributed by atoms with van der Waals surface area (Å²) in [4.78, 5) is 4.37. The van der Waals surface area contributed by atoms with E-state index in [1.54, 1.807) is 0 Å². The number of aromatic nitrogens is 1. The minimum absolute atomic E-state index is 0.624. The number of rotatable bonds is 6. The zero-order valence-electron chi connectivity index (χ0n) is 12.9. The Bertz CT molecular complexity index is 394. The van der Waals surface area contributed by atoms with Crippen molar-refractivity contribution >= 4 is 0 Å². The molecule has 1 aliphatic rings. The van der Waals surface area contributed by atoms with Crippen molar-refractivity contribution in [1.82, 2.24) is 10.3 Å². The first-order valence-electron chi connectivity index (χ1n) is 8.14. The van der Waals surface area contributed by atoms with E-state index in [9.17, 15) is 0 Å². The second-order valence-electron chi connectivity index (χ2n) is 5.77. The van der Waals surface area contributed by atoms with Gasteiger partial charge >= 0.3 is 0 Å². The topological polar surface area (TPSA) is 34.1 Å². The molecule has 112 valence electrons. The van der Waals surface area contributed by atoms with Gasteiger partial charge in [0.25, 0.3) is 0 Å². The van der Waals surface area contributed by atoms with Gasteiger partial charge in [-0.1, -0.05) is 26.7 Å². The third-order valence-electron chi connectivity index (χ3n) is 4.10. The van der Waals surface area contributed by atoms with E-state index in [2.05, 4.69) is 30.2 Å². The Balaban J connectivity index is 2.04. The van der Waals surface area contributed by atoms with Crippen LogP contribution >= 0.6 is 0 Å². The zero-order chi connectivity index (χ0) is 14.2. The summed E-state index contributed by atoms with van der Waals surface area (Å²) in [5, 5.41) is 3.62. The molecule has 1 aromatic heterocycles. The fourth-order valence-corrected chi connectivity index (χ4v) is 3.10. The number of nitrogens with one attached hydrogen (secondary N) is 1. The van der Waals surface area contributed by atoms with Gasteiger partial charge in [-0.3, -0.25) is 4.98 Å². The molecule has 2 atom stereocenters. The molecular formula is C17H28N2O. The van der Waals surface area contributed by atoms with Gasteiger partial charge in [-0.25, -0.2) is 0 Å². The van der Waals surface area contributed by atoms with Crippen LogP contribution in [0.15, 0.2) is 18.5 Å². The standard InChI is InChI=1S/C17H28N2O/c1-3-9-20-17-11-15(12-18-13-17)14-7-5-6-8-16(10-14)19-4-2/h11-14,16,19H,3-10H2,1-2H3. The van der Waals surface area contributed by atoms with Crippen molar-refractivity contribution in [3.05, 3.63) is 24.0 Å². The van der Waals surface area contributed by atoms with E-state index in [0.717, 1.165) is 25.3 Å². The van der Waals surface area contributed by atoms with E-state index in [1.807, 2.05) is 12.4 Å². The van der Waals surface area contributed by atoms with Gasteiger partial charge in [0.15, 0.2) is 0 Å². The van der Waals surface area contributed by atoms with Gasteiger partial charge in [-0.2, -0.15) is 0 Å². The molecule has 3 nitrogen and oxygen atoms in total.